The SMILES string of the molecule is Cn1cc(S(=O)(=O)N2CCN(C(=O)c3ccc4cc(Oc5ccc(C(F)(F)F)cn5)ccc4n3)CC2)cn1. The quantitative estimate of drug-likeness (QED) is 0.378. The standard InChI is InChI=1S/C24H21F3N6O4S/c1-31-15-19(14-29-31)38(35,36)33-10-8-32(9-11-33)23(34)21-5-2-16-12-18(4-6-20(16)30-21)37-22-7-3-17(13-28-22)24(25,26)27/h2-7,12-15H,8-11H2,1H3. The average Bonchev–Trinajstić information content (AvgIpc) is 3.35. The second-order valence-corrected chi connectivity index (χ2v) is 10.5. The van der Waals surface area contributed by atoms with Crippen LogP contribution < -0.4 is 4.74 Å². The number of rotatable bonds is 5. The van der Waals surface area contributed by atoms with Crippen LogP contribution in [-0.4, -0.2) is 69.5 Å². The van der Waals surface area contributed by atoms with E-state index in [0.717, 1.165) is 12.1 Å². The molecular formula is C24H21F3N6O4S. The fourth-order valence-electron chi connectivity index (χ4n) is 3.99. The number of hydrogen-bond donors (Lipinski definition) is 0. The van der Waals surface area contributed by atoms with Crippen molar-refractivity contribution in [3.05, 3.63) is 72.3 Å². The Morgan fingerprint density at radius 2 is 1.76 bits per heavy atom. The van der Waals surface area contributed by atoms with Crippen LogP contribution in [0.3, 0.4) is 0 Å². The number of aryl methyl sites for hydroxylation is 1. The van der Waals surface area contributed by atoms with E-state index in [2.05, 4.69) is 15.1 Å². The van der Waals surface area contributed by atoms with Gasteiger partial charge in [-0.2, -0.15) is 22.6 Å². The number of aromatic nitrogens is 4. The maximum atomic E-state index is 13.0. The number of halogens is 3. The summed E-state index contributed by atoms with van der Waals surface area (Å²) in [5, 5.41) is 4.56. The molecule has 1 saturated heterocycles. The number of ether oxygens (including phenoxy) is 1. The Balaban J connectivity index is 1.25. The predicted molar refractivity (Wildman–Crippen MR) is 129 cm³/mol. The second-order valence-electron chi connectivity index (χ2n) is 8.58. The van der Waals surface area contributed by atoms with Crippen LogP contribution in [-0.2, 0) is 23.2 Å². The van der Waals surface area contributed by atoms with Gasteiger partial charge in [0, 0.05) is 57.1 Å². The van der Waals surface area contributed by atoms with Crippen LogP contribution >= 0.6 is 0 Å². The van der Waals surface area contributed by atoms with Crippen LogP contribution in [0.2, 0.25) is 0 Å². The zero-order chi connectivity index (χ0) is 27.1. The van der Waals surface area contributed by atoms with E-state index in [0.29, 0.717) is 22.8 Å². The average molecular weight is 547 g/mol. The molecule has 1 aromatic carbocycles. The minimum absolute atomic E-state index is 0.00166. The number of hydrogen-bond acceptors (Lipinski definition) is 7. The topological polar surface area (TPSA) is 111 Å². The summed E-state index contributed by atoms with van der Waals surface area (Å²) < 4.78 is 72.0. The number of fused-ring (bicyclic) bond motifs is 1. The molecule has 3 aromatic heterocycles. The van der Waals surface area contributed by atoms with Gasteiger partial charge in [-0.05, 0) is 30.3 Å². The van der Waals surface area contributed by atoms with Crippen LogP contribution in [0.1, 0.15) is 16.1 Å². The van der Waals surface area contributed by atoms with E-state index in [1.165, 1.54) is 21.4 Å². The molecule has 5 rings (SSSR count). The van der Waals surface area contributed by atoms with E-state index < -0.39 is 21.8 Å². The van der Waals surface area contributed by atoms with Crippen molar-refractivity contribution >= 4 is 26.8 Å². The van der Waals surface area contributed by atoms with Crippen LogP contribution in [0.15, 0.2) is 66.0 Å². The largest absolute Gasteiger partial charge is 0.439 e. The number of pyridine rings is 2. The lowest BCUT2D eigenvalue weighted by molar-refractivity contribution is -0.137. The molecule has 1 amide bonds. The Bertz CT molecular complexity index is 1600. The Labute approximate surface area is 215 Å². The molecule has 0 bridgehead atoms. The van der Waals surface area contributed by atoms with E-state index in [1.807, 2.05) is 0 Å². The van der Waals surface area contributed by atoms with Gasteiger partial charge in [-0.15, -0.1) is 0 Å². The first-order valence-corrected chi connectivity index (χ1v) is 12.8. The first-order chi connectivity index (χ1) is 18.0. The predicted octanol–water partition coefficient (Wildman–Crippen LogP) is 3.32. The van der Waals surface area contributed by atoms with Gasteiger partial charge in [0.05, 0.1) is 17.3 Å². The molecule has 0 saturated carbocycles. The molecule has 38 heavy (non-hydrogen) atoms. The third-order valence-corrected chi connectivity index (χ3v) is 7.86. The third kappa shape index (κ3) is 5.17. The lowest BCUT2D eigenvalue weighted by Crippen LogP contribution is -2.50. The third-order valence-electron chi connectivity index (χ3n) is 6.01. The number of benzene rings is 1. The summed E-state index contributed by atoms with van der Waals surface area (Å²) in [6, 6.07) is 10.1. The van der Waals surface area contributed by atoms with E-state index in [9.17, 15) is 26.4 Å². The highest BCUT2D eigenvalue weighted by atomic mass is 32.2. The summed E-state index contributed by atoms with van der Waals surface area (Å²) in [6.07, 6.45) is -1.06. The van der Waals surface area contributed by atoms with Crippen molar-refractivity contribution in [1.82, 2.24) is 29.0 Å². The first-order valence-electron chi connectivity index (χ1n) is 11.4. The van der Waals surface area contributed by atoms with E-state index in [1.54, 1.807) is 42.3 Å². The number of piperazine rings is 1. The molecule has 198 valence electrons. The van der Waals surface area contributed by atoms with Gasteiger partial charge in [-0.3, -0.25) is 9.48 Å². The Morgan fingerprint density at radius 3 is 2.39 bits per heavy atom. The van der Waals surface area contributed by atoms with Gasteiger partial charge in [0.15, 0.2) is 0 Å². The Hall–Kier alpha value is -4.04. The van der Waals surface area contributed by atoms with Crippen molar-refractivity contribution in [2.45, 2.75) is 11.1 Å². The van der Waals surface area contributed by atoms with Gasteiger partial charge < -0.3 is 9.64 Å². The maximum absolute atomic E-state index is 13.0. The smallest absolute Gasteiger partial charge is 0.417 e. The zero-order valence-electron chi connectivity index (χ0n) is 20.0. The molecule has 1 aliphatic rings. The fourth-order valence-corrected chi connectivity index (χ4v) is 5.40. The summed E-state index contributed by atoms with van der Waals surface area (Å²) in [5.41, 5.74) is -0.151. The Morgan fingerprint density at radius 1 is 1.00 bits per heavy atom. The van der Waals surface area contributed by atoms with Gasteiger partial charge in [0.1, 0.15) is 16.3 Å². The highest BCUT2D eigenvalue weighted by Gasteiger charge is 2.32. The van der Waals surface area contributed by atoms with Crippen molar-refractivity contribution in [2.75, 3.05) is 26.2 Å². The lowest BCUT2D eigenvalue weighted by atomic mass is 10.2. The zero-order valence-corrected chi connectivity index (χ0v) is 20.8. The molecule has 4 heterocycles. The highest BCUT2D eigenvalue weighted by molar-refractivity contribution is 7.89. The molecule has 0 radical (unpaired) electrons. The van der Waals surface area contributed by atoms with Crippen LogP contribution in [0.25, 0.3) is 10.9 Å². The minimum Gasteiger partial charge on any atom is -0.439 e. The second kappa shape index (κ2) is 9.68. The number of amides is 1. The molecule has 1 fully saturated rings. The number of nitrogens with zero attached hydrogens (tertiary/aromatic N) is 6. The molecule has 0 unspecified atom stereocenters. The van der Waals surface area contributed by atoms with Crippen molar-refractivity contribution in [3.63, 3.8) is 0 Å². The van der Waals surface area contributed by atoms with Gasteiger partial charge in [-0.1, -0.05) is 6.07 Å². The molecule has 0 spiro atoms. The fraction of sp³-hybridized carbons (Fsp3) is 0.250. The van der Waals surface area contributed by atoms with Gasteiger partial charge >= 0.3 is 6.18 Å². The molecule has 1 aliphatic heterocycles. The van der Waals surface area contributed by atoms with E-state index in [4.69, 9.17) is 4.74 Å². The summed E-state index contributed by atoms with van der Waals surface area (Å²) >= 11 is 0. The Kier molecular flexibility index (Phi) is 6.53. The van der Waals surface area contributed by atoms with Crippen molar-refractivity contribution in [3.8, 4) is 11.6 Å². The molecule has 0 N–H and O–H groups in total. The van der Waals surface area contributed by atoms with Crippen LogP contribution in [0.4, 0.5) is 13.2 Å². The van der Waals surface area contributed by atoms with Gasteiger partial charge in [-0.25, -0.2) is 18.4 Å². The minimum atomic E-state index is -4.49. The number of alkyl halides is 3. The normalized spacial score (nSPS) is 15.1. The van der Waals surface area contributed by atoms with Gasteiger partial charge in [0.2, 0.25) is 15.9 Å². The van der Waals surface area contributed by atoms with E-state index >= 15 is 0 Å². The molecule has 0 aliphatic carbocycles. The highest BCUT2D eigenvalue weighted by Crippen LogP contribution is 2.30. The molecule has 10 nitrogen and oxygen atoms in total. The number of carbonyl (C=O) groups excluding carboxylic acids is 1. The van der Waals surface area contributed by atoms with Gasteiger partial charge in [0.25, 0.3) is 5.91 Å². The summed E-state index contributed by atoms with van der Waals surface area (Å²) in [6.45, 7) is 0.723. The number of sulfonamides is 1. The molecular weight excluding hydrogens is 525 g/mol. The number of carbonyl (C=O) groups is 1. The molecule has 14 heteroatoms. The monoisotopic (exact) mass is 546 g/mol. The van der Waals surface area contributed by atoms with Crippen molar-refractivity contribution < 1.29 is 31.1 Å². The lowest BCUT2D eigenvalue weighted by Gasteiger charge is -2.33. The van der Waals surface area contributed by atoms with E-state index in [-0.39, 0.29) is 48.6 Å². The van der Waals surface area contributed by atoms with Crippen molar-refractivity contribution in [1.29, 1.82) is 0 Å². The van der Waals surface area contributed by atoms with Crippen LogP contribution in [0, 0.1) is 0 Å². The molecule has 4 aromatic rings. The summed E-state index contributed by atoms with van der Waals surface area (Å²) in [7, 11) is -2.05. The maximum Gasteiger partial charge on any atom is 0.417 e. The molecule has 0 atom stereocenters. The summed E-state index contributed by atoms with van der Waals surface area (Å²) in [5.74, 6) is 0.0259. The van der Waals surface area contributed by atoms with Crippen LogP contribution in [0.5, 0.6) is 11.6 Å². The van der Waals surface area contributed by atoms with Crippen molar-refractivity contribution in [2.24, 2.45) is 7.05 Å². The first kappa shape index (κ1) is 25.6. The summed E-state index contributed by atoms with van der Waals surface area (Å²) in [4.78, 5) is 22.8.